The van der Waals surface area contributed by atoms with Crippen LogP contribution >= 0.6 is 11.6 Å². The number of carboxylic acid groups (broad SMARTS) is 1. The van der Waals surface area contributed by atoms with Crippen molar-refractivity contribution in [2.24, 2.45) is 11.7 Å². The predicted molar refractivity (Wildman–Crippen MR) is 53.4 cm³/mol. The minimum Gasteiger partial charge on any atom is -0.476 e. The zero-order valence-corrected chi connectivity index (χ0v) is 8.47. The topological polar surface area (TPSA) is 147 Å². The van der Waals surface area contributed by atoms with Gasteiger partial charge >= 0.3 is 12.0 Å². The van der Waals surface area contributed by atoms with E-state index >= 15 is 0 Å². The number of nitrogens with two attached hydrogens (primary N) is 2. The summed E-state index contributed by atoms with van der Waals surface area (Å²) in [5.74, 6) is 8.60. The van der Waals surface area contributed by atoms with E-state index in [0.717, 1.165) is 6.20 Å². The van der Waals surface area contributed by atoms with Gasteiger partial charge < -0.3 is 5.11 Å². The first-order chi connectivity index (χ1) is 7.47. The van der Waals surface area contributed by atoms with Crippen molar-refractivity contribution in [2.75, 3.05) is 5.01 Å². The molecule has 6 N–H and O–H groups in total. The van der Waals surface area contributed by atoms with E-state index in [1.807, 2.05) is 0 Å². The Kier molecular flexibility index (Phi) is 3.55. The summed E-state index contributed by atoms with van der Waals surface area (Å²) in [5.41, 5.74) is 1.38. The predicted octanol–water partition coefficient (Wildman–Crippen LogP) is -0.908. The Morgan fingerprint density at radius 3 is 2.62 bits per heavy atom. The molecule has 0 spiro atoms. The lowest BCUT2D eigenvalue weighted by molar-refractivity contribution is 0.0690. The number of halogens is 1. The number of carboxylic acids is 1. The molecule has 0 fully saturated rings. The molecule has 0 unspecified atom stereocenters. The number of aromatic nitrogens is 2. The van der Waals surface area contributed by atoms with E-state index in [0.29, 0.717) is 5.01 Å². The minimum absolute atomic E-state index is 0.213. The van der Waals surface area contributed by atoms with Crippen molar-refractivity contribution >= 4 is 29.4 Å². The molecular weight excluding hydrogens is 240 g/mol. The van der Waals surface area contributed by atoms with E-state index in [2.05, 4.69) is 9.97 Å². The van der Waals surface area contributed by atoms with Crippen LogP contribution in [0.4, 0.5) is 10.6 Å². The van der Waals surface area contributed by atoms with Gasteiger partial charge in [-0.3, -0.25) is 5.43 Å². The lowest BCUT2D eigenvalue weighted by Gasteiger charge is -2.14. The van der Waals surface area contributed by atoms with Crippen LogP contribution in [-0.4, -0.2) is 27.1 Å². The molecule has 0 bridgehead atoms. The fraction of sp³-hybridized carbons (Fsp3) is 0. The van der Waals surface area contributed by atoms with Crippen molar-refractivity contribution in [1.29, 1.82) is 0 Å². The zero-order valence-electron chi connectivity index (χ0n) is 7.72. The zero-order chi connectivity index (χ0) is 12.3. The Labute approximate surface area is 94.0 Å². The quantitative estimate of drug-likeness (QED) is 0.300. The molecule has 9 nitrogen and oxygen atoms in total. The second kappa shape index (κ2) is 4.70. The molecule has 2 amide bonds. The van der Waals surface area contributed by atoms with Crippen LogP contribution in [0.3, 0.4) is 0 Å². The van der Waals surface area contributed by atoms with E-state index in [-0.39, 0.29) is 16.7 Å². The van der Waals surface area contributed by atoms with Gasteiger partial charge in [0.15, 0.2) is 16.7 Å². The van der Waals surface area contributed by atoms with Gasteiger partial charge in [-0.2, -0.15) is 0 Å². The molecule has 0 aliphatic rings. The summed E-state index contributed by atoms with van der Waals surface area (Å²) in [7, 11) is 0. The molecule has 1 aromatic rings. The molecule has 0 saturated carbocycles. The Balaban J connectivity index is 3.08. The third-order valence-electron chi connectivity index (χ3n) is 1.50. The maximum absolute atomic E-state index is 11.0. The van der Waals surface area contributed by atoms with Gasteiger partial charge in [-0.15, -0.1) is 0 Å². The van der Waals surface area contributed by atoms with Crippen molar-refractivity contribution in [3.63, 3.8) is 0 Å². The largest absolute Gasteiger partial charge is 0.476 e. The van der Waals surface area contributed by atoms with E-state index in [1.165, 1.54) is 0 Å². The number of carbonyl (C=O) groups is 2. The summed E-state index contributed by atoms with van der Waals surface area (Å²) in [6, 6.07) is -0.876. The van der Waals surface area contributed by atoms with Gasteiger partial charge in [-0.05, 0) is 0 Å². The van der Waals surface area contributed by atoms with E-state index in [4.69, 9.17) is 28.4 Å². The molecule has 10 heteroatoms. The summed E-state index contributed by atoms with van der Waals surface area (Å²) < 4.78 is 0. The highest BCUT2D eigenvalue weighted by Crippen LogP contribution is 2.18. The number of rotatable bonds is 2. The molecule has 1 heterocycles. The average molecular weight is 247 g/mol. The number of urea groups is 1. The van der Waals surface area contributed by atoms with Crippen LogP contribution in [-0.2, 0) is 0 Å². The summed E-state index contributed by atoms with van der Waals surface area (Å²) in [5, 5.41) is 8.76. The highest BCUT2D eigenvalue weighted by molar-refractivity contribution is 6.32. The fourth-order valence-corrected chi connectivity index (χ4v) is 1.02. The van der Waals surface area contributed by atoms with Crippen LogP contribution in [0.25, 0.3) is 0 Å². The van der Waals surface area contributed by atoms with Gasteiger partial charge in [0.05, 0.1) is 6.20 Å². The summed E-state index contributed by atoms with van der Waals surface area (Å²) in [6.45, 7) is 0. The maximum Gasteiger partial charge on any atom is 0.356 e. The average Bonchev–Trinajstić information content (AvgIpc) is 2.26. The van der Waals surface area contributed by atoms with Crippen molar-refractivity contribution < 1.29 is 14.7 Å². The van der Waals surface area contributed by atoms with E-state index < -0.39 is 12.0 Å². The Morgan fingerprint density at radius 2 is 2.19 bits per heavy atom. The number of hydrazine groups is 2. The van der Waals surface area contributed by atoms with E-state index in [9.17, 15) is 9.59 Å². The maximum atomic E-state index is 11.0. The van der Waals surface area contributed by atoms with Crippen molar-refractivity contribution in [2.45, 2.75) is 0 Å². The van der Waals surface area contributed by atoms with Crippen LogP contribution in [0.2, 0.25) is 5.15 Å². The van der Waals surface area contributed by atoms with Gasteiger partial charge in [0.2, 0.25) is 0 Å². The van der Waals surface area contributed by atoms with Crippen LogP contribution in [0.1, 0.15) is 10.5 Å². The molecule has 0 radical (unpaired) electrons. The first-order valence-corrected chi connectivity index (χ1v) is 4.16. The molecule has 1 rings (SSSR count). The lowest BCUT2D eigenvalue weighted by atomic mass is 10.4. The SMILES string of the molecule is NNC(=O)N(N)c1ncc(C(=O)O)nc1Cl. The number of carbonyl (C=O) groups excluding carboxylic acids is 1. The fourth-order valence-electron chi connectivity index (χ4n) is 0.791. The molecule has 86 valence electrons. The van der Waals surface area contributed by atoms with Gasteiger partial charge in [-0.25, -0.2) is 36.3 Å². The van der Waals surface area contributed by atoms with Crippen LogP contribution < -0.4 is 22.1 Å². The second-order valence-electron chi connectivity index (χ2n) is 2.49. The molecule has 0 aliphatic heterocycles. The molecule has 16 heavy (non-hydrogen) atoms. The van der Waals surface area contributed by atoms with Gasteiger partial charge in [-0.1, -0.05) is 11.6 Å². The second-order valence-corrected chi connectivity index (χ2v) is 2.85. The molecule has 0 aliphatic carbocycles. The number of hydrogen-bond acceptors (Lipinski definition) is 6. The standard InChI is InChI=1S/C6H7ClN6O3/c7-3-4(13(9)6(16)12-8)10-1-2(11-3)5(14)15/h1H,8-9H2,(H,12,16)(H,14,15). The molecule has 0 saturated heterocycles. The number of hydrogen-bond donors (Lipinski definition) is 4. The van der Waals surface area contributed by atoms with Crippen LogP contribution in [0, 0.1) is 0 Å². The molecule has 0 aromatic carbocycles. The number of nitrogens with zero attached hydrogens (tertiary/aromatic N) is 3. The number of anilines is 1. The van der Waals surface area contributed by atoms with Gasteiger partial charge in [0.1, 0.15) is 0 Å². The van der Waals surface area contributed by atoms with Crippen molar-refractivity contribution in [1.82, 2.24) is 15.4 Å². The summed E-state index contributed by atoms with van der Waals surface area (Å²) in [4.78, 5) is 28.6. The normalized spacial score (nSPS) is 9.69. The van der Waals surface area contributed by atoms with Gasteiger partial charge in [0, 0.05) is 0 Å². The van der Waals surface area contributed by atoms with E-state index in [1.54, 1.807) is 5.43 Å². The summed E-state index contributed by atoms with van der Waals surface area (Å²) in [6.07, 6.45) is 0.910. The van der Waals surface area contributed by atoms with Gasteiger partial charge in [0.25, 0.3) is 0 Å². The Hall–Kier alpha value is -1.97. The third kappa shape index (κ3) is 2.34. The van der Waals surface area contributed by atoms with Crippen molar-refractivity contribution in [3.8, 4) is 0 Å². The third-order valence-corrected chi connectivity index (χ3v) is 1.76. The first kappa shape index (κ1) is 12.1. The number of aromatic carboxylic acids is 1. The number of amides is 2. The smallest absolute Gasteiger partial charge is 0.356 e. The number of nitrogens with one attached hydrogen (secondary N) is 1. The Bertz CT molecular complexity index is 438. The Morgan fingerprint density at radius 1 is 1.56 bits per heavy atom. The van der Waals surface area contributed by atoms with Crippen molar-refractivity contribution in [3.05, 3.63) is 17.0 Å². The molecule has 1 aromatic heterocycles. The minimum atomic E-state index is -1.30. The highest BCUT2D eigenvalue weighted by Gasteiger charge is 2.18. The monoisotopic (exact) mass is 246 g/mol. The van der Waals surface area contributed by atoms with Crippen LogP contribution in [0.15, 0.2) is 6.20 Å². The first-order valence-electron chi connectivity index (χ1n) is 3.78. The molecular formula is C6H7ClN6O3. The molecule has 0 atom stereocenters. The lowest BCUT2D eigenvalue weighted by Crippen LogP contribution is -2.48. The highest BCUT2D eigenvalue weighted by atomic mass is 35.5. The summed E-state index contributed by atoms with van der Waals surface area (Å²) >= 11 is 5.59. The van der Waals surface area contributed by atoms with Crippen LogP contribution in [0.5, 0.6) is 0 Å².